The van der Waals surface area contributed by atoms with Gasteiger partial charge in [0.15, 0.2) is 0 Å². The van der Waals surface area contributed by atoms with Gasteiger partial charge >= 0.3 is 0 Å². The first kappa shape index (κ1) is 16.0. The first-order chi connectivity index (χ1) is 10.1. The Morgan fingerprint density at radius 3 is 2.76 bits per heavy atom. The van der Waals surface area contributed by atoms with Crippen molar-refractivity contribution in [3.8, 4) is 0 Å². The van der Waals surface area contributed by atoms with Gasteiger partial charge in [-0.15, -0.1) is 0 Å². The number of benzene rings is 1. The molecule has 0 bridgehead atoms. The van der Waals surface area contributed by atoms with Gasteiger partial charge in [0.1, 0.15) is 0 Å². The Balaban J connectivity index is 2.01. The molecule has 1 aromatic carbocycles. The average Bonchev–Trinajstić information content (AvgIpc) is 2.64. The molecule has 116 valence electrons. The van der Waals surface area contributed by atoms with Gasteiger partial charge in [0.2, 0.25) is 5.91 Å². The molecule has 1 aliphatic carbocycles. The van der Waals surface area contributed by atoms with Crippen molar-refractivity contribution in [2.45, 2.75) is 65.0 Å². The van der Waals surface area contributed by atoms with Gasteiger partial charge in [0.25, 0.3) is 0 Å². The number of amides is 1. The molecule has 1 aromatic rings. The molecule has 1 amide bonds. The Hall–Kier alpha value is -1.35. The second kappa shape index (κ2) is 7.60. The second-order valence-corrected chi connectivity index (χ2v) is 6.42. The van der Waals surface area contributed by atoms with Gasteiger partial charge in [-0.1, -0.05) is 38.3 Å². The molecular weight excluding hydrogens is 260 g/mol. The van der Waals surface area contributed by atoms with E-state index < -0.39 is 0 Å². The summed E-state index contributed by atoms with van der Waals surface area (Å²) in [7, 11) is 0. The van der Waals surface area contributed by atoms with Crippen molar-refractivity contribution in [3.63, 3.8) is 0 Å². The van der Waals surface area contributed by atoms with Gasteiger partial charge in [0, 0.05) is 24.7 Å². The highest BCUT2D eigenvalue weighted by Crippen LogP contribution is 2.26. The molecule has 0 heterocycles. The maximum absolute atomic E-state index is 11.2. The fourth-order valence-corrected chi connectivity index (χ4v) is 3.25. The molecule has 2 rings (SSSR count). The summed E-state index contributed by atoms with van der Waals surface area (Å²) in [6, 6.07) is 9.06. The van der Waals surface area contributed by atoms with E-state index in [9.17, 15) is 4.79 Å². The molecule has 0 saturated heterocycles. The zero-order valence-corrected chi connectivity index (χ0v) is 13.5. The van der Waals surface area contributed by atoms with Crippen LogP contribution in [-0.2, 0) is 4.79 Å². The van der Waals surface area contributed by atoms with Crippen LogP contribution in [-0.4, -0.2) is 11.9 Å². The highest BCUT2D eigenvalue weighted by molar-refractivity contribution is 5.88. The molecule has 21 heavy (non-hydrogen) atoms. The van der Waals surface area contributed by atoms with E-state index in [1.165, 1.54) is 37.7 Å². The van der Waals surface area contributed by atoms with Crippen molar-refractivity contribution in [3.05, 3.63) is 29.8 Å². The third-order valence-electron chi connectivity index (χ3n) is 4.53. The van der Waals surface area contributed by atoms with Crippen LogP contribution in [0.3, 0.4) is 0 Å². The number of rotatable bonds is 4. The van der Waals surface area contributed by atoms with Gasteiger partial charge in [-0.25, -0.2) is 0 Å². The molecule has 0 aromatic heterocycles. The Bertz CT molecular complexity index is 472. The Kier molecular flexibility index (Phi) is 5.80. The summed E-state index contributed by atoms with van der Waals surface area (Å²) in [5.41, 5.74) is 2.11. The summed E-state index contributed by atoms with van der Waals surface area (Å²) in [5, 5.41) is 6.65. The zero-order valence-electron chi connectivity index (χ0n) is 13.5. The monoisotopic (exact) mass is 288 g/mol. The van der Waals surface area contributed by atoms with Gasteiger partial charge < -0.3 is 10.6 Å². The van der Waals surface area contributed by atoms with Gasteiger partial charge in [-0.2, -0.15) is 0 Å². The van der Waals surface area contributed by atoms with E-state index in [4.69, 9.17) is 0 Å². The predicted octanol–water partition coefficient (Wildman–Crippen LogP) is 4.26. The van der Waals surface area contributed by atoms with E-state index in [0.717, 1.165) is 11.6 Å². The molecule has 2 N–H and O–H groups in total. The summed E-state index contributed by atoms with van der Waals surface area (Å²) in [6.45, 7) is 6.12. The number of anilines is 1. The first-order valence-corrected chi connectivity index (χ1v) is 8.20. The van der Waals surface area contributed by atoms with Crippen LogP contribution in [0.2, 0.25) is 0 Å². The van der Waals surface area contributed by atoms with Crippen molar-refractivity contribution >= 4 is 11.6 Å². The molecule has 1 aliphatic rings. The summed E-state index contributed by atoms with van der Waals surface area (Å²) in [5.74, 6) is 0.721. The van der Waals surface area contributed by atoms with Crippen LogP contribution in [0.15, 0.2) is 24.3 Å². The molecule has 0 spiro atoms. The van der Waals surface area contributed by atoms with E-state index in [1.807, 2.05) is 12.1 Å². The maximum atomic E-state index is 11.2. The lowest BCUT2D eigenvalue weighted by Crippen LogP contribution is -2.36. The van der Waals surface area contributed by atoms with E-state index in [-0.39, 0.29) is 5.91 Å². The standard InChI is InChI=1S/C18H28N2O/c1-13-8-5-4-6-11-18(13)19-14(2)16-9-7-10-17(12-16)20-15(3)21/h7,9-10,12-14,18-19H,4-6,8,11H2,1-3H3,(H,20,21). The lowest BCUT2D eigenvalue weighted by Gasteiger charge is -2.27. The van der Waals surface area contributed by atoms with E-state index >= 15 is 0 Å². The number of carbonyl (C=O) groups is 1. The van der Waals surface area contributed by atoms with Crippen molar-refractivity contribution in [1.29, 1.82) is 0 Å². The van der Waals surface area contributed by atoms with Crippen LogP contribution in [0.4, 0.5) is 5.69 Å². The lowest BCUT2D eigenvalue weighted by atomic mass is 9.95. The van der Waals surface area contributed by atoms with Gasteiger partial charge in [-0.3, -0.25) is 4.79 Å². The van der Waals surface area contributed by atoms with E-state index in [1.54, 1.807) is 6.92 Å². The number of hydrogen-bond donors (Lipinski definition) is 2. The molecule has 3 atom stereocenters. The van der Waals surface area contributed by atoms with Crippen molar-refractivity contribution in [2.75, 3.05) is 5.32 Å². The van der Waals surface area contributed by atoms with Crippen LogP contribution < -0.4 is 10.6 Å². The van der Waals surface area contributed by atoms with Crippen molar-refractivity contribution in [2.24, 2.45) is 5.92 Å². The molecule has 1 saturated carbocycles. The average molecular weight is 288 g/mol. The summed E-state index contributed by atoms with van der Waals surface area (Å²) < 4.78 is 0. The fraction of sp³-hybridized carbons (Fsp3) is 0.611. The van der Waals surface area contributed by atoms with Crippen molar-refractivity contribution < 1.29 is 4.79 Å². The van der Waals surface area contributed by atoms with Crippen LogP contribution >= 0.6 is 0 Å². The minimum atomic E-state index is -0.0230. The quantitative estimate of drug-likeness (QED) is 0.813. The van der Waals surface area contributed by atoms with Crippen LogP contribution in [0, 0.1) is 5.92 Å². The smallest absolute Gasteiger partial charge is 0.221 e. The Labute approximate surface area is 128 Å². The highest BCUT2D eigenvalue weighted by atomic mass is 16.1. The molecule has 3 unspecified atom stereocenters. The maximum Gasteiger partial charge on any atom is 0.221 e. The number of carbonyl (C=O) groups excluding carboxylic acids is 1. The Morgan fingerprint density at radius 1 is 1.24 bits per heavy atom. The highest BCUT2D eigenvalue weighted by Gasteiger charge is 2.21. The third kappa shape index (κ3) is 4.85. The molecule has 3 heteroatoms. The van der Waals surface area contributed by atoms with E-state index in [2.05, 4.69) is 36.6 Å². The van der Waals surface area contributed by atoms with Crippen LogP contribution in [0.5, 0.6) is 0 Å². The topological polar surface area (TPSA) is 41.1 Å². The first-order valence-electron chi connectivity index (χ1n) is 8.20. The lowest BCUT2D eigenvalue weighted by molar-refractivity contribution is -0.114. The normalized spacial score (nSPS) is 24.1. The molecule has 1 fully saturated rings. The SMILES string of the molecule is CC(=O)Nc1cccc(C(C)NC2CCCCCC2C)c1. The minimum Gasteiger partial charge on any atom is -0.326 e. The van der Waals surface area contributed by atoms with Crippen LogP contribution in [0.25, 0.3) is 0 Å². The van der Waals surface area contributed by atoms with Gasteiger partial charge in [-0.05, 0) is 43.4 Å². The zero-order chi connectivity index (χ0) is 15.2. The molecule has 0 radical (unpaired) electrons. The molecule has 0 aliphatic heterocycles. The predicted molar refractivity (Wildman–Crippen MR) is 88.3 cm³/mol. The minimum absolute atomic E-state index is 0.0230. The fourth-order valence-electron chi connectivity index (χ4n) is 3.25. The summed E-state index contributed by atoms with van der Waals surface area (Å²) >= 11 is 0. The largest absolute Gasteiger partial charge is 0.326 e. The molecular formula is C18H28N2O. The van der Waals surface area contributed by atoms with E-state index in [0.29, 0.717) is 12.1 Å². The number of nitrogens with one attached hydrogen (secondary N) is 2. The molecule has 3 nitrogen and oxygen atoms in total. The van der Waals surface area contributed by atoms with Crippen molar-refractivity contribution in [1.82, 2.24) is 5.32 Å². The van der Waals surface area contributed by atoms with Crippen LogP contribution in [0.1, 0.15) is 64.5 Å². The van der Waals surface area contributed by atoms with Gasteiger partial charge in [0.05, 0.1) is 0 Å². The summed E-state index contributed by atoms with van der Waals surface area (Å²) in [4.78, 5) is 11.2. The third-order valence-corrected chi connectivity index (χ3v) is 4.53. The second-order valence-electron chi connectivity index (χ2n) is 6.42. The Morgan fingerprint density at radius 2 is 2.00 bits per heavy atom. The summed E-state index contributed by atoms with van der Waals surface area (Å²) in [6.07, 6.45) is 6.68. The number of hydrogen-bond acceptors (Lipinski definition) is 2.